The molecule has 0 aromatic heterocycles. The number of piperidine rings is 1. The third-order valence-corrected chi connectivity index (χ3v) is 6.09. The van der Waals surface area contributed by atoms with Crippen LogP contribution in [0.4, 0.5) is 0 Å². The average molecular weight is 476 g/mol. The fraction of sp³-hybridized carbons (Fsp3) is 0.429. The summed E-state index contributed by atoms with van der Waals surface area (Å²) in [5.41, 5.74) is 0.179. The van der Waals surface area contributed by atoms with Crippen molar-refractivity contribution in [2.45, 2.75) is 37.2 Å². The Morgan fingerprint density at radius 1 is 0.969 bits per heavy atom. The van der Waals surface area contributed by atoms with E-state index in [1.54, 1.807) is 6.92 Å². The molecule has 2 aromatic carbocycles. The number of benzene rings is 2. The van der Waals surface area contributed by atoms with E-state index in [1.807, 2.05) is 35.2 Å². The molecule has 9 N–H and O–H groups in total. The number of hydrogen-bond acceptors (Lipinski definition) is 7. The van der Waals surface area contributed by atoms with Crippen LogP contribution in [0.15, 0.2) is 54.6 Å². The lowest BCUT2D eigenvalue weighted by Crippen LogP contribution is -2.54. The molecule has 0 saturated carbocycles. The molecule has 10 nitrogen and oxygen atoms in total. The second-order valence-electron chi connectivity index (χ2n) is 7.65. The predicted molar refractivity (Wildman–Crippen MR) is 119 cm³/mol. The van der Waals surface area contributed by atoms with E-state index in [2.05, 4.69) is 0 Å². The number of aliphatic hydroxyl groups is 3. The summed E-state index contributed by atoms with van der Waals surface area (Å²) in [5.74, 6) is -2.04. The Morgan fingerprint density at radius 3 is 1.94 bits per heavy atom. The molecule has 1 saturated heterocycles. The summed E-state index contributed by atoms with van der Waals surface area (Å²) in [6, 6.07) is 14.5. The van der Waals surface area contributed by atoms with Crippen molar-refractivity contribution >= 4 is 10.1 Å². The smallest absolute Gasteiger partial charge is 0.306 e. The molecule has 0 unspecified atom stereocenters. The van der Waals surface area contributed by atoms with E-state index in [9.17, 15) is 23.7 Å². The largest absolute Gasteiger partial charge is 0.412 e. The molecule has 0 amide bonds. The molecule has 11 heteroatoms. The lowest BCUT2D eigenvalue weighted by atomic mass is 9.83. The van der Waals surface area contributed by atoms with Gasteiger partial charge in [-0.3, -0.25) is 4.90 Å². The topological polar surface area (TPSA) is 202 Å². The first-order chi connectivity index (χ1) is 13.5. The summed E-state index contributed by atoms with van der Waals surface area (Å²) < 4.78 is 27.2. The van der Waals surface area contributed by atoms with Crippen LogP contribution < -0.4 is 4.18 Å². The van der Waals surface area contributed by atoms with Crippen LogP contribution in [0.2, 0.25) is 0 Å². The maximum Gasteiger partial charge on any atom is 0.306 e. The minimum atomic E-state index is -3.65. The van der Waals surface area contributed by atoms with Crippen LogP contribution in [0, 0.1) is 0 Å². The molecule has 1 atom stereocenters. The second kappa shape index (κ2) is 11.2. The van der Waals surface area contributed by atoms with Gasteiger partial charge in [0.25, 0.3) is 0 Å². The van der Waals surface area contributed by atoms with Gasteiger partial charge in [0.05, 0.1) is 17.9 Å². The Hall–Kier alpha value is -2.09. The molecule has 1 heterocycles. The monoisotopic (exact) mass is 475 g/mol. The number of nitrogens with zero attached hydrogens (tertiary/aromatic N) is 1. The standard InChI is InChI=1S/C21H27NO6S.3H2O/c1-16(21(24,25)18-8-10-19(11-9-18)28-29(2,26)27)22-14-12-20(23,13-15-22)17-6-4-3-5-7-17;;;/h3-11,16,23-25H,12-15H2,1-2H3;3*1H2/t16-;;;/m0.../s1. The number of likely N-dealkylation sites (tertiary alicyclic amines) is 1. The normalized spacial score (nSPS) is 17.2. The first-order valence-corrected chi connectivity index (χ1v) is 11.3. The molecule has 182 valence electrons. The zero-order valence-electron chi connectivity index (χ0n) is 18.0. The van der Waals surface area contributed by atoms with Crippen LogP contribution in [0.3, 0.4) is 0 Å². The van der Waals surface area contributed by atoms with E-state index in [4.69, 9.17) is 4.18 Å². The Bertz CT molecular complexity index is 926. The van der Waals surface area contributed by atoms with Gasteiger partial charge in [-0.1, -0.05) is 30.3 Å². The molecule has 0 radical (unpaired) electrons. The van der Waals surface area contributed by atoms with Gasteiger partial charge in [-0.15, -0.1) is 0 Å². The number of hydrogen-bond donors (Lipinski definition) is 3. The van der Waals surface area contributed by atoms with Crippen molar-refractivity contribution < 1.29 is 44.3 Å². The van der Waals surface area contributed by atoms with Crippen LogP contribution >= 0.6 is 0 Å². The van der Waals surface area contributed by atoms with E-state index in [-0.39, 0.29) is 27.7 Å². The van der Waals surface area contributed by atoms with Crippen LogP contribution in [0.1, 0.15) is 30.9 Å². The highest BCUT2D eigenvalue weighted by molar-refractivity contribution is 7.86. The second-order valence-corrected chi connectivity index (χ2v) is 9.22. The molecule has 3 rings (SSSR count). The van der Waals surface area contributed by atoms with E-state index in [1.165, 1.54) is 24.3 Å². The molecule has 1 aliphatic rings. The van der Waals surface area contributed by atoms with Crippen LogP contribution in [0.25, 0.3) is 0 Å². The summed E-state index contributed by atoms with van der Waals surface area (Å²) in [6.07, 6.45) is 1.91. The fourth-order valence-corrected chi connectivity index (χ4v) is 4.21. The highest BCUT2D eigenvalue weighted by Gasteiger charge is 2.41. The third kappa shape index (κ3) is 6.70. The first-order valence-electron chi connectivity index (χ1n) is 9.48. The van der Waals surface area contributed by atoms with E-state index < -0.39 is 27.5 Å². The molecular weight excluding hydrogens is 442 g/mol. The molecule has 32 heavy (non-hydrogen) atoms. The van der Waals surface area contributed by atoms with Crippen molar-refractivity contribution in [2.75, 3.05) is 19.3 Å². The fourth-order valence-electron chi connectivity index (χ4n) is 3.74. The van der Waals surface area contributed by atoms with E-state index in [0.717, 1.165) is 11.8 Å². The summed E-state index contributed by atoms with van der Waals surface area (Å²) in [6.45, 7) is 2.73. The molecule has 0 spiro atoms. The van der Waals surface area contributed by atoms with Gasteiger partial charge in [0, 0.05) is 18.7 Å². The lowest BCUT2D eigenvalue weighted by Gasteiger charge is -2.44. The summed E-state index contributed by atoms with van der Waals surface area (Å²) >= 11 is 0. The Kier molecular flexibility index (Phi) is 10.4. The van der Waals surface area contributed by atoms with Crippen LogP contribution in [-0.4, -0.2) is 70.5 Å². The summed E-state index contributed by atoms with van der Waals surface area (Å²) in [7, 11) is -3.65. The van der Waals surface area contributed by atoms with Crippen molar-refractivity contribution in [1.29, 1.82) is 0 Å². The molecule has 0 aliphatic carbocycles. The minimum absolute atomic E-state index is 0. The molecule has 1 fully saturated rings. The van der Waals surface area contributed by atoms with Gasteiger partial charge < -0.3 is 35.9 Å². The number of rotatable bonds is 6. The SMILES string of the molecule is C[C@H](N1CCC(O)(c2ccccc2)CC1)C(O)(O)c1ccc(OS(C)(=O)=O)cc1.O.O.O. The van der Waals surface area contributed by atoms with Gasteiger partial charge in [0.15, 0.2) is 0 Å². The molecular formula is C21H33NO9S. The maximum atomic E-state index is 11.2. The van der Waals surface area contributed by atoms with Gasteiger partial charge >= 0.3 is 10.1 Å². The van der Waals surface area contributed by atoms with Gasteiger partial charge in [0.2, 0.25) is 5.79 Å². The van der Waals surface area contributed by atoms with Crippen molar-refractivity contribution in [1.82, 2.24) is 4.90 Å². The van der Waals surface area contributed by atoms with Crippen molar-refractivity contribution in [3.05, 3.63) is 65.7 Å². The van der Waals surface area contributed by atoms with Gasteiger partial charge in [-0.2, -0.15) is 8.42 Å². The van der Waals surface area contributed by atoms with Crippen LogP contribution in [-0.2, 0) is 21.5 Å². The molecule has 2 aromatic rings. The zero-order chi connectivity index (χ0) is 21.3. The minimum Gasteiger partial charge on any atom is -0.412 e. The Labute approximate surface area is 187 Å². The summed E-state index contributed by atoms with van der Waals surface area (Å²) in [4.78, 5) is 1.93. The lowest BCUT2D eigenvalue weighted by molar-refractivity contribution is -0.218. The van der Waals surface area contributed by atoms with E-state index in [0.29, 0.717) is 25.9 Å². The molecule has 1 aliphatic heterocycles. The highest BCUT2D eigenvalue weighted by Crippen LogP contribution is 2.36. The van der Waals surface area contributed by atoms with Crippen molar-refractivity contribution in [2.24, 2.45) is 0 Å². The van der Waals surface area contributed by atoms with Gasteiger partial charge in [-0.05, 0) is 49.6 Å². The van der Waals surface area contributed by atoms with Crippen LogP contribution in [0.5, 0.6) is 5.75 Å². The van der Waals surface area contributed by atoms with Gasteiger partial charge in [0.1, 0.15) is 5.75 Å². The van der Waals surface area contributed by atoms with Gasteiger partial charge in [-0.25, -0.2) is 0 Å². The van der Waals surface area contributed by atoms with Crippen molar-refractivity contribution in [3.63, 3.8) is 0 Å². The first kappa shape index (κ1) is 29.9. The maximum absolute atomic E-state index is 11.2. The molecule has 0 bridgehead atoms. The average Bonchev–Trinajstić information content (AvgIpc) is 2.68. The van der Waals surface area contributed by atoms with Crippen molar-refractivity contribution in [3.8, 4) is 5.75 Å². The quantitative estimate of drug-likeness (QED) is 0.353. The zero-order valence-corrected chi connectivity index (χ0v) is 18.8. The van der Waals surface area contributed by atoms with E-state index >= 15 is 0 Å². The Balaban J connectivity index is 0.00000320. The Morgan fingerprint density at radius 2 is 1.47 bits per heavy atom. The highest BCUT2D eigenvalue weighted by atomic mass is 32.2. The predicted octanol–water partition coefficient (Wildman–Crippen LogP) is -0.940. The third-order valence-electron chi connectivity index (χ3n) is 5.59. The summed E-state index contributed by atoms with van der Waals surface area (Å²) in [5, 5.41) is 32.5.